The van der Waals surface area contributed by atoms with Crippen molar-refractivity contribution < 1.29 is 48.8 Å². The molecule has 10 nitrogen and oxygen atoms in total. The zero-order valence-corrected chi connectivity index (χ0v) is 30.3. The molecule has 0 fully saturated rings. The molecule has 0 aliphatic carbocycles. The summed E-state index contributed by atoms with van der Waals surface area (Å²) in [6.45, 7) is 4.89. The van der Waals surface area contributed by atoms with Gasteiger partial charge in [0.25, 0.3) is 0 Å². The van der Waals surface area contributed by atoms with E-state index in [1.54, 1.807) is 54.6 Å². The van der Waals surface area contributed by atoms with E-state index in [0.29, 0.717) is 36.0 Å². The quantitative estimate of drug-likeness (QED) is 0.0403. The van der Waals surface area contributed by atoms with Crippen LogP contribution in [0.1, 0.15) is 45.7 Å². The average molecular weight is 741 g/mol. The maximum absolute atomic E-state index is 13.0. The van der Waals surface area contributed by atoms with Gasteiger partial charge in [0.2, 0.25) is 0 Å². The van der Waals surface area contributed by atoms with Gasteiger partial charge in [-0.15, -0.1) is 0 Å². The van der Waals surface area contributed by atoms with Crippen molar-refractivity contribution >= 4 is 11.9 Å². The van der Waals surface area contributed by atoms with Crippen LogP contribution < -0.4 is 19.1 Å². The topological polar surface area (TPSA) is 130 Å². The molecule has 0 spiro atoms. The third kappa shape index (κ3) is 10.6. The number of hydrogen-bond acceptors (Lipinski definition) is 9. The van der Waals surface area contributed by atoms with Crippen LogP contribution in [0.25, 0.3) is 22.3 Å². The van der Waals surface area contributed by atoms with E-state index in [1.807, 2.05) is 92.7 Å². The van der Waals surface area contributed by atoms with E-state index in [4.69, 9.17) is 29.2 Å². The lowest BCUT2D eigenvalue weighted by Crippen LogP contribution is -2.28. The molecule has 0 atom stereocenters. The Morgan fingerprint density at radius 2 is 1.07 bits per heavy atom. The summed E-state index contributed by atoms with van der Waals surface area (Å²) in [7, 11) is 0. The van der Waals surface area contributed by atoms with Crippen molar-refractivity contribution in [1.29, 1.82) is 0 Å². The summed E-state index contributed by atoms with van der Waals surface area (Å²) < 4.78 is 17.5. The molecule has 0 heterocycles. The van der Waals surface area contributed by atoms with E-state index in [9.17, 15) is 14.7 Å². The molecule has 0 aliphatic heterocycles. The normalized spacial score (nSPS) is 11.1. The zero-order chi connectivity index (χ0) is 38.6. The van der Waals surface area contributed by atoms with Crippen LogP contribution in [0.3, 0.4) is 0 Å². The van der Waals surface area contributed by atoms with Gasteiger partial charge >= 0.3 is 11.9 Å². The van der Waals surface area contributed by atoms with E-state index in [1.165, 1.54) is 12.1 Å². The molecule has 280 valence electrons. The van der Waals surface area contributed by atoms with Crippen molar-refractivity contribution in [2.45, 2.75) is 27.1 Å². The number of aromatic carboxylic acids is 1. The highest BCUT2D eigenvalue weighted by Gasteiger charge is 2.22. The first-order valence-electron chi connectivity index (χ1n) is 17.5. The Bertz CT molecular complexity index is 2180. The van der Waals surface area contributed by atoms with Gasteiger partial charge in [-0.3, -0.25) is 5.26 Å². The molecule has 0 bridgehead atoms. The zero-order valence-electron chi connectivity index (χ0n) is 30.3. The van der Waals surface area contributed by atoms with Crippen molar-refractivity contribution in [1.82, 2.24) is 0 Å². The molecule has 0 unspecified atom stereocenters. The smallest absolute Gasteiger partial charge is 0.344 e. The lowest BCUT2D eigenvalue weighted by atomic mass is 9.96. The highest BCUT2D eigenvalue weighted by atomic mass is 17.2. The van der Waals surface area contributed by atoms with Crippen LogP contribution in [0.2, 0.25) is 0 Å². The average Bonchev–Trinajstić information content (AvgIpc) is 3.21. The van der Waals surface area contributed by atoms with E-state index in [2.05, 4.69) is 4.89 Å². The van der Waals surface area contributed by atoms with Crippen molar-refractivity contribution in [3.8, 4) is 45.3 Å². The largest absolute Gasteiger partial charge is 0.493 e. The second kappa shape index (κ2) is 18.0. The van der Waals surface area contributed by atoms with Crippen LogP contribution in [0, 0.1) is 5.41 Å². The number of carbonyl (C=O) groups excluding carboxylic acids is 1. The van der Waals surface area contributed by atoms with Crippen LogP contribution in [0.15, 0.2) is 146 Å². The molecule has 10 heteroatoms. The van der Waals surface area contributed by atoms with Crippen molar-refractivity contribution in [2.24, 2.45) is 5.41 Å². The monoisotopic (exact) mass is 740 g/mol. The third-order valence-corrected chi connectivity index (χ3v) is 8.60. The fraction of sp³-hybridized carbons (Fsp3) is 0.156. The molecule has 6 aromatic carbocycles. The number of esters is 1. The molecule has 0 saturated heterocycles. The highest BCUT2D eigenvalue weighted by Crippen LogP contribution is 2.28. The summed E-state index contributed by atoms with van der Waals surface area (Å²) in [6.07, 6.45) is 0. The van der Waals surface area contributed by atoms with Crippen LogP contribution in [-0.2, 0) is 23.0 Å². The van der Waals surface area contributed by atoms with Crippen LogP contribution >= 0.6 is 0 Å². The Hall–Kier alpha value is -6.46. The molecule has 0 radical (unpaired) electrons. The SMILES string of the molecule is CC(C)(COc1ccc(OOCc2ccc(-c3ccccc3)cc2COO)cc1)COc1ccc(OC(=O)c2ccc(-c3ccccc3)cc2C(=O)O)cc1. The first-order valence-corrected chi connectivity index (χ1v) is 17.5. The predicted octanol–water partition coefficient (Wildman–Crippen LogP) is 9.92. The number of carbonyl (C=O) groups is 2. The van der Waals surface area contributed by atoms with Crippen molar-refractivity contribution in [3.63, 3.8) is 0 Å². The number of ether oxygens (including phenoxy) is 3. The standard InChI is InChI=1S/C45H40O10/c1-45(2,29-50-37-16-20-39(21-17-37)54-44(48)41-24-15-34(26-42(41)43(46)47)32-11-7-4-8-12-32)30-51-38-18-22-40(23-19-38)55-53-28-35-14-13-33(25-36(35)27-52-49)31-9-5-3-6-10-31/h3-26,49H,27-30H2,1-2H3,(H,46,47). The summed E-state index contributed by atoms with van der Waals surface area (Å²) in [5.41, 5.74) is 4.61. The Balaban J connectivity index is 0.951. The predicted molar refractivity (Wildman–Crippen MR) is 206 cm³/mol. The van der Waals surface area contributed by atoms with Gasteiger partial charge in [-0.2, -0.15) is 4.89 Å². The number of carboxylic acids is 1. The Morgan fingerprint density at radius 3 is 1.64 bits per heavy atom. The van der Waals surface area contributed by atoms with Gasteiger partial charge in [-0.25, -0.2) is 14.5 Å². The van der Waals surface area contributed by atoms with Gasteiger partial charge in [0, 0.05) is 5.41 Å². The van der Waals surface area contributed by atoms with Crippen LogP contribution in [-0.4, -0.2) is 35.5 Å². The fourth-order valence-corrected chi connectivity index (χ4v) is 5.61. The third-order valence-electron chi connectivity index (χ3n) is 8.60. The molecule has 0 saturated carbocycles. The second-order valence-electron chi connectivity index (χ2n) is 13.5. The van der Waals surface area contributed by atoms with Gasteiger partial charge in [0.1, 0.15) is 30.5 Å². The first kappa shape index (κ1) is 38.3. The maximum Gasteiger partial charge on any atom is 0.344 e. The minimum atomic E-state index is -1.22. The van der Waals surface area contributed by atoms with E-state index >= 15 is 0 Å². The van der Waals surface area contributed by atoms with Gasteiger partial charge in [0.15, 0.2) is 5.75 Å². The Morgan fingerprint density at radius 1 is 0.545 bits per heavy atom. The maximum atomic E-state index is 13.0. The number of rotatable bonds is 17. The fourth-order valence-electron chi connectivity index (χ4n) is 5.61. The minimum Gasteiger partial charge on any atom is -0.493 e. The lowest BCUT2D eigenvalue weighted by Gasteiger charge is -2.25. The van der Waals surface area contributed by atoms with Crippen molar-refractivity contribution in [3.05, 3.63) is 168 Å². The molecular formula is C45H40O10. The summed E-state index contributed by atoms with van der Waals surface area (Å²) in [6, 6.07) is 43.3. The number of carboxylic acid groups (broad SMARTS) is 1. The molecule has 6 aromatic rings. The molecular weight excluding hydrogens is 700 g/mol. The first-order chi connectivity index (χ1) is 26.7. The Kier molecular flexibility index (Phi) is 12.6. The van der Waals surface area contributed by atoms with Gasteiger partial charge in [-0.05, 0) is 100 Å². The summed E-state index contributed by atoms with van der Waals surface area (Å²) in [4.78, 5) is 40.4. The second-order valence-corrected chi connectivity index (χ2v) is 13.5. The molecule has 0 aromatic heterocycles. The van der Waals surface area contributed by atoms with Crippen LogP contribution in [0.4, 0.5) is 0 Å². The van der Waals surface area contributed by atoms with Crippen molar-refractivity contribution in [2.75, 3.05) is 13.2 Å². The van der Waals surface area contributed by atoms with Gasteiger partial charge < -0.3 is 24.2 Å². The highest BCUT2D eigenvalue weighted by molar-refractivity contribution is 6.04. The summed E-state index contributed by atoms with van der Waals surface area (Å²) >= 11 is 0. The summed E-state index contributed by atoms with van der Waals surface area (Å²) in [5, 5.41) is 18.9. The van der Waals surface area contributed by atoms with E-state index < -0.39 is 11.9 Å². The number of benzene rings is 6. The molecule has 0 aliphatic rings. The van der Waals surface area contributed by atoms with Gasteiger partial charge in [0.05, 0.1) is 24.3 Å². The van der Waals surface area contributed by atoms with E-state index in [0.717, 1.165) is 27.8 Å². The number of hydrogen-bond donors (Lipinski definition) is 2. The van der Waals surface area contributed by atoms with Crippen LogP contribution in [0.5, 0.6) is 23.0 Å². The summed E-state index contributed by atoms with van der Waals surface area (Å²) in [5.74, 6) is -0.0426. The lowest BCUT2D eigenvalue weighted by molar-refractivity contribution is -0.253. The molecule has 0 amide bonds. The van der Waals surface area contributed by atoms with E-state index in [-0.39, 0.29) is 35.5 Å². The Labute approximate surface area is 318 Å². The van der Waals surface area contributed by atoms with Gasteiger partial charge in [-0.1, -0.05) is 92.7 Å². The molecule has 6 rings (SSSR count). The minimum absolute atomic E-state index is 0.0145. The molecule has 55 heavy (non-hydrogen) atoms. The molecule has 2 N–H and O–H groups in total.